The number of hydrogen-bond acceptors (Lipinski definition) is 6. The number of carbonyl (C=O) groups excluding carboxylic acids is 1. The molecule has 2 aromatic heterocycles. The molecule has 2 heterocycles. The van der Waals surface area contributed by atoms with Gasteiger partial charge in [0, 0.05) is 13.0 Å². The number of anilines is 2. The number of nitrogens with zero attached hydrogens (tertiary/aromatic N) is 4. The van der Waals surface area contributed by atoms with E-state index in [1.54, 1.807) is 10.7 Å². The van der Waals surface area contributed by atoms with Gasteiger partial charge in [0.2, 0.25) is 0 Å². The Bertz CT molecular complexity index is 1390. The first-order valence-electron chi connectivity index (χ1n) is 12.3. The van der Waals surface area contributed by atoms with E-state index in [1.165, 1.54) is 4.90 Å². The molecule has 9 heteroatoms. The van der Waals surface area contributed by atoms with E-state index in [0.29, 0.717) is 28.8 Å². The van der Waals surface area contributed by atoms with Gasteiger partial charge in [-0.3, -0.25) is 14.4 Å². The van der Waals surface area contributed by atoms with Crippen LogP contribution in [0.2, 0.25) is 0 Å². The van der Waals surface area contributed by atoms with E-state index < -0.39 is 11.6 Å². The van der Waals surface area contributed by atoms with Gasteiger partial charge in [0.25, 0.3) is 5.88 Å². The van der Waals surface area contributed by atoms with Crippen LogP contribution < -0.4 is 9.64 Å². The standard InChI is InChI=1S/C27H29BN4O4/c1-16-14-20(18-8-9-18)22(15-17(16)2)32(24(33)12-13-27(28,34)35)23-11-10-21-25(29-23)26(30-31(21)3)36-19-6-4-5-7-19/h10-11,14-15,18-19,34-35H,4-9H2,1-3H3. The van der Waals surface area contributed by atoms with Gasteiger partial charge >= 0.3 is 5.91 Å². The number of hydrogen-bond donors (Lipinski definition) is 2. The first-order valence-corrected chi connectivity index (χ1v) is 12.3. The van der Waals surface area contributed by atoms with Crippen LogP contribution in [0, 0.1) is 25.7 Å². The van der Waals surface area contributed by atoms with Crippen molar-refractivity contribution in [3.05, 3.63) is 41.0 Å². The van der Waals surface area contributed by atoms with Gasteiger partial charge in [0.15, 0.2) is 19.0 Å². The van der Waals surface area contributed by atoms with E-state index in [2.05, 4.69) is 17.1 Å². The maximum Gasteiger partial charge on any atom is 0.308 e. The maximum atomic E-state index is 13.5. The Morgan fingerprint density at radius 3 is 2.53 bits per heavy atom. The molecule has 2 radical (unpaired) electrons. The number of ether oxygens (including phenoxy) is 1. The summed E-state index contributed by atoms with van der Waals surface area (Å²) in [6, 6.07) is 7.66. The van der Waals surface area contributed by atoms with Crippen molar-refractivity contribution in [2.24, 2.45) is 7.05 Å². The van der Waals surface area contributed by atoms with E-state index >= 15 is 0 Å². The molecule has 2 aliphatic rings. The third-order valence-corrected chi connectivity index (χ3v) is 6.92. The Labute approximate surface area is 211 Å². The average molecular weight is 484 g/mol. The molecule has 8 nitrogen and oxygen atoms in total. The first kappa shape index (κ1) is 24.4. The predicted octanol–water partition coefficient (Wildman–Crippen LogP) is 3.26. The van der Waals surface area contributed by atoms with Crippen LogP contribution in [0.15, 0.2) is 24.3 Å². The predicted molar refractivity (Wildman–Crippen MR) is 137 cm³/mol. The number of amides is 1. The third-order valence-electron chi connectivity index (χ3n) is 6.92. The fraction of sp³-hybridized carbons (Fsp3) is 0.444. The summed E-state index contributed by atoms with van der Waals surface area (Å²) in [4.78, 5) is 19.7. The van der Waals surface area contributed by atoms with Gasteiger partial charge in [-0.2, -0.15) is 0 Å². The van der Waals surface area contributed by atoms with Crippen LogP contribution >= 0.6 is 0 Å². The van der Waals surface area contributed by atoms with E-state index in [4.69, 9.17) is 17.6 Å². The molecule has 0 bridgehead atoms. The molecule has 2 N–H and O–H groups in total. The lowest BCUT2D eigenvalue weighted by Gasteiger charge is -2.24. The van der Waals surface area contributed by atoms with Crippen molar-refractivity contribution < 1.29 is 19.7 Å². The van der Waals surface area contributed by atoms with Gasteiger partial charge < -0.3 is 14.9 Å². The Morgan fingerprint density at radius 1 is 1.17 bits per heavy atom. The maximum absolute atomic E-state index is 13.5. The minimum Gasteiger partial charge on any atom is -0.472 e. The number of aromatic nitrogens is 3. The molecular weight excluding hydrogens is 455 g/mol. The van der Waals surface area contributed by atoms with Crippen LogP contribution in [-0.2, 0) is 11.8 Å². The minimum absolute atomic E-state index is 0.102. The molecule has 184 valence electrons. The molecule has 0 aliphatic heterocycles. The van der Waals surface area contributed by atoms with Crippen molar-refractivity contribution >= 4 is 36.3 Å². The van der Waals surface area contributed by atoms with Gasteiger partial charge in [-0.25, -0.2) is 4.98 Å². The zero-order valence-corrected chi connectivity index (χ0v) is 20.8. The van der Waals surface area contributed by atoms with Gasteiger partial charge in [0.05, 0.1) is 11.2 Å². The quantitative estimate of drug-likeness (QED) is 0.328. The summed E-state index contributed by atoms with van der Waals surface area (Å²) in [7, 11) is 7.02. The molecule has 1 amide bonds. The van der Waals surface area contributed by atoms with Gasteiger partial charge in [-0.1, -0.05) is 6.07 Å². The molecule has 2 aliphatic carbocycles. The number of pyridine rings is 1. The SMILES string of the molecule is [B]C(O)(O)C#CC(=O)N(c1ccc2c(n1)c(OC1CCCC1)nn2C)c1cc(C)c(C)cc1C1CC1. The molecule has 3 aromatic rings. The Hall–Kier alpha value is -3.35. The first-order chi connectivity index (χ1) is 17.1. The highest BCUT2D eigenvalue weighted by molar-refractivity contribution is 6.17. The van der Waals surface area contributed by atoms with Crippen LogP contribution in [0.4, 0.5) is 11.5 Å². The average Bonchev–Trinajstić information content (AvgIpc) is 3.45. The topological polar surface area (TPSA) is 101 Å². The second kappa shape index (κ2) is 9.27. The van der Waals surface area contributed by atoms with Crippen molar-refractivity contribution in [1.29, 1.82) is 0 Å². The van der Waals surface area contributed by atoms with Crippen molar-refractivity contribution in [1.82, 2.24) is 14.8 Å². The summed E-state index contributed by atoms with van der Waals surface area (Å²) in [6.07, 6.45) is 6.40. The summed E-state index contributed by atoms with van der Waals surface area (Å²) in [5, 5.41) is 23.5. The molecule has 0 saturated heterocycles. The minimum atomic E-state index is -2.78. The van der Waals surface area contributed by atoms with Crippen LogP contribution in [0.25, 0.3) is 11.0 Å². The van der Waals surface area contributed by atoms with Crippen molar-refractivity contribution in [2.45, 2.75) is 70.1 Å². The van der Waals surface area contributed by atoms with E-state index in [1.807, 2.05) is 38.9 Å². The highest BCUT2D eigenvalue weighted by Crippen LogP contribution is 2.46. The van der Waals surface area contributed by atoms with Gasteiger partial charge in [-0.05, 0) is 99.1 Å². The number of benzene rings is 1. The smallest absolute Gasteiger partial charge is 0.308 e. The lowest BCUT2D eigenvalue weighted by Crippen LogP contribution is -2.29. The van der Waals surface area contributed by atoms with Crippen molar-refractivity contribution in [2.75, 3.05) is 4.90 Å². The summed E-state index contributed by atoms with van der Waals surface area (Å²) in [5.74, 6) is 4.75. The van der Waals surface area contributed by atoms with Crippen LogP contribution in [0.3, 0.4) is 0 Å². The van der Waals surface area contributed by atoms with Crippen LogP contribution in [0.1, 0.15) is 61.1 Å². The lowest BCUT2D eigenvalue weighted by atomic mass is 9.96. The number of carbonyl (C=O) groups is 1. The number of fused-ring (bicyclic) bond motifs is 1. The van der Waals surface area contributed by atoms with Gasteiger partial charge in [0.1, 0.15) is 11.9 Å². The van der Waals surface area contributed by atoms with Gasteiger partial charge in [-0.15, -0.1) is 5.10 Å². The lowest BCUT2D eigenvalue weighted by molar-refractivity contribution is -0.112. The molecule has 2 fully saturated rings. The zero-order valence-electron chi connectivity index (χ0n) is 20.8. The third kappa shape index (κ3) is 4.97. The fourth-order valence-corrected chi connectivity index (χ4v) is 4.74. The largest absolute Gasteiger partial charge is 0.472 e. The highest BCUT2D eigenvalue weighted by Gasteiger charge is 2.32. The van der Waals surface area contributed by atoms with Crippen LogP contribution in [0.5, 0.6) is 5.88 Å². The van der Waals surface area contributed by atoms with Crippen molar-refractivity contribution in [3.63, 3.8) is 0 Å². The Balaban J connectivity index is 1.65. The fourth-order valence-electron chi connectivity index (χ4n) is 4.74. The van der Waals surface area contributed by atoms with E-state index in [9.17, 15) is 15.0 Å². The molecule has 0 unspecified atom stereocenters. The molecule has 1 aromatic carbocycles. The highest BCUT2D eigenvalue weighted by atomic mass is 16.5. The van der Waals surface area contributed by atoms with E-state index in [0.717, 1.165) is 60.7 Å². The summed E-state index contributed by atoms with van der Waals surface area (Å²) in [5.41, 5.74) is 2.41. The van der Waals surface area contributed by atoms with E-state index in [-0.39, 0.29) is 6.10 Å². The molecule has 2 saturated carbocycles. The molecule has 5 rings (SSSR count). The number of aliphatic hydroxyl groups is 2. The second-order valence-corrected chi connectivity index (χ2v) is 9.88. The number of rotatable bonds is 5. The normalized spacial score (nSPS) is 16.1. The van der Waals surface area contributed by atoms with Crippen LogP contribution in [-0.4, -0.2) is 50.5 Å². The zero-order chi connectivity index (χ0) is 25.6. The monoisotopic (exact) mass is 484 g/mol. The Kier molecular flexibility index (Phi) is 6.27. The summed E-state index contributed by atoms with van der Waals surface area (Å²) >= 11 is 0. The second-order valence-electron chi connectivity index (χ2n) is 9.88. The molecule has 0 atom stereocenters. The molecule has 0 spiro atoms. The summed E-state index contributed by atoms with van der Waals surface area (Å²) < 4.78 is 7.92. The van der Waals surface area contributed by atoms with Crippen molar-refractivity contribution in [3.8, 4) is 17.7 Å². The molecule has 36 heavy (non-hydrogen) atoms. The summed E-state index contributed by atoms with van der Waals surface area (Å²) in [6.45, 7) is 4.03. The Morgan fingerprint density at radius 2 is 1.86 bits per heavy atom. The molecular formula is C27H29BN4O4. The number of aryl methyl sites for hydroxylation is 3.